The lowest BCUT2D eigenvalue weighted by atomic mass is 10.1. The fraction of sp³-hybridized carbons (Fsp3) is 0.231. The highest BCUT2D eigenvalue weighted by molar-refractivity contribution is 6.67. The van der Waals surface area contributed by atoms with Crippen molar-refractivity contribution < 1.29 is 14.3 Å². The van der Waals surface area contributed by atoms with Gasteiger partial charge in [0.15, 0.2) is 11.5 Å². The third-order valence-electron chi connectivity index (χ3n) is 3.13. The maximum atomic E-state index is 12.2. The molecule has 0 N–H and O–H groups in total. The van der Waals surface area contributed by atoms with E-state index in [9.17, 15) is 9.59 Å². The minimum atomic E-state index is -0.758. The minimum absolute atomic E-state index is 0.0325. The Morgan fingerprint density at radius 1 is 1.37 bits per heavy atom. The molecule has 0 radical (unpaired) electrons. The number of carbonyl (C=O) groups excluding carboxylic acids is 1. The molecule has 98 valence electrons. The van der Waals surface area contributed by atoms with Gasteiger partial charge in [0.05, 0.1) is 16.5 Å². The van der Waals surface area contributed by atoms with Crippen LogP contribution in [0.3, 0.4) is 0 Å². The standard InChI is InChI=1S/C13H10ClNO4/c1-2-15-5-8(13(14)17)12(16)7-3-10-11(4-9(7)15)19-6-18-10/h3-5H,2,6H2,1H3. The molecule has 1 aromatic carbocycles. The number of hydrogen-bond acceptors (Lipinski definition) is 4. The summed E-state index contributed by atoms with van der Waals surface area (Å²) in [6.07, 6.45) is 1.47. The van der Waals surface area contributed by atoms with E-state index in [0.717, 1.165) is 0 Å². The van der Waals surface area contributed by atoms with Gasteiger partial charge >= 0.3 is 0 Å². The average molecular weight is 280 g/mol. The average Bonchev–Trinajstić information content (AvgIpc) is 2.84. The molecule has 0 saturated carbocycles. The molecule has 0 aliphatic carbocycles. The lowest BCUT2D eigenvalue weighted by Gasteiger charge is -2.10. The second-order valence-electron chi connectivity index (χ2n) is 4.15. The Bertz CT molecular complexity index is 750. The van der Waals surface area contributed by atoms with Crippen LogP contribution in [0.25, 0.3) is 10.9 Å². The van der Waals surface area contributed by atoms with Crippen molar-refractivity contribution >= 4 is 27.7 Å². The van der Waals surface area contributed by atoms with E-state index >= 15 is 0 Å². The monoisotopic (exact) mass is 279 g/mol. The Labute approximate surface area is 113 Å². The van der Waals surface area contributed by atoms with E-state index in [-0.39, 0.29) is 12.4 Å². The molecule has 5 nitrogen and oxygen atoms in total. The molecule has 0 bridgehead atoms. The number of nitrogens with zero attached hydrogens (tertiary/aromatic N) is 1. The van der Waals surface area contributed by atoms with E-state index in [2.05, 4.69) is 0 Å². The first-order chi connectivity index (χ1) is 9.11. The van der Waals surface area contributed by atoms with Crippen LogP contribution in [0.1, 0.15) is 17.3 Å². The van der Waals surface area contributed by atoms with Crippen LogP contribution in [0.5, 0.6) is 11.5 Å². The molecule has 0 fully saturated rings. The number of hydrogen-bond donors (Lipinski definition) is 0. The second-order valence-corrected chi connectivity index (χ2v) is 4.50. The van der Waals surface area contributed by atoms with Gasteiger partial charge in [-0.15, -0.1) is 0 Å². The Morgan fingerprint density at radius 2 is 2.05 bits per heavy atom. The largest absolute Gasteiger partial charge is 0.454 e. The van der Waals surface area contributed by atoms with E-state index < -0.39 is 10.7 Å². The number of halogens is 1. The lowest BCUT2D eigenvalue weighted by Crippen LogP contribution is -2.16. The van der Waals surface area contributed by atoms with Gasteiger partial charge in [0.25, 0.3) is 5.24 Å². The number of carbonyl (C=O) groups is 1. The van der Waals surface area contributed by atoms with Crippen LogP contribution in [0.15, 0.2) is 23.1 Å². The van der Waals surface area contributed by atoms with Crippen LogP contribution < -0.4 is 14.9 Å². The van der Waals surface area contributed by atoms with Gasteiger partial charge < -0.3 is 14.0 Å². The van der Waals surface area contributed by atoms with Crippen LogP contribution in [0.4, 0.5) is 0 Å². The molecule has 2 heterocycles. The highest BCUT2D eigenvalue weighted by atomic mass is 35.5. The third-order valence-corrected chi connectivity index (χ3v) is 3.33. The topological polar surface area (TPSA) is 57.5 Å². The third kappa shape index (κ3) is 1.77. The number of ether oxygens (including phenoxy) is 2. The summed E-state index contributed by atoms with van der Waals surface area (Å²) in [7, 11) is 0. The molecule has 1 aliphatic heterocycles. The predicted molar refractivity (Wildman–Crippen MR) is 70.2 cm³/mol. The first kappa shape index (κ1) is 12.0. The quantitative estimate of drug-likeness (QED) is 0.790. The number of aryl methyl sites for hydroxylation is 1. The Kier molecular flexibility index (Phi) is 2.71. The van der Waals surface area contributed by atoms with Gasteiger partial charge in [-0.1, -0.05) is 0 Å². The van der Waals surface area contributed by atoms with Crippen molar-refractivity contribution in [3.63, 3.8) is 0 Å². The fourth-order valence-electron chi connectivity index (χ4n) is 2.18. The normalized spacial score (nSPS) is 12.9. The molecular weight excluding hydrogens is 270 g/mol. The molecule has 2 aromatic rings. The molecule has 1 aromatic heterocycles. The summed E-state index contributed by atoms with van der Waals surface area (Å²) in [6.45, 7) is 2.65. The molecule has 0 atom stereocenters. The van der Waals surface area contributed by atoms with Gasteiger partial charge in [-0.2, -0.15) is 0 Å². The van der Waals surface area contributed by atoms with Crippen LogP contribution in [-0.4, -0.2) is 16.6 Å². The van der Waals surface area contributed by atoms with Crippen molar-refractivity contribution in [3.8, 4) is 11.5 Å². The van der Waals surface area contributed by atoms with E-state index in [4.69, 9.17) is 21.1 Å². The number of rotatable bonds is 2. The zero-order chi connectivity index (χ0) is 13.6. The predicted octanol–water partition coefficient (Wildman–Crippen LogP) is 2.13. The van der Waals surface area contributed by atoms with Gasteiger partial charge in [0, 0.05) is 18.8 Å². The number of aromatic nitrogens is 1. The van der Waals surface area contributed by atoms with E-state index in [1.54, 1.807) is 16.7 Å². The van der Waals surface area contributed by atoms with E-state index in [1.165, 1.54) is 6.20 Å². The molecule has 19 heavy (non-hydrogen) atoms. The molecule has 6 heteroatoms. The summed E-state index contributed by atoms with van der Waals surface area (Å²) in [5.41, 5.74) is 0.270. The first-order valence-corrected chi connectivity index (χ1v) is 6.16. The van der Waals surface area contributed by atoms with Crippen molar-refractivity contribution in [3.05, 3.63) is 34.1 Å². The Hall–Kier alpha value is -2.01. The van der Waals surface area contributed by atoms with Crippen LogP contribution in [-0.2, 0) is 6.54 Å². The fourth-order valence-corrected chi connectivity index (χ4v) is 2.32. The molecular formula is C13H10ClNO4. The molecule has 0 spiro atoms. The summed E-state index contributed by atoms with van der Waals surface area (Å²) in [4.78, 5) is 23.5. The van der Waals surface area contributed by atoms with Crippen molar-refractivity contribution in [2.45, 2.75) is 13.5 Å². The number of pyridine rings is 1. The summed E-state index contributed by atoms with van der Waals surface area (Å²) < 4.78 is 12.3. The first-order valence-electron chi connectivity index (χ1n) is 5.78. The SMILES string of the molecule is CCn1cc(C(=O)Cl)c(=O)c2cc3c(cc21)OCO3. The zero-order valence-electron chi connectivity index (χ0n) is 10.1. The highest BCUT2D eigenvalue weighted by Crippen LogP contribution is 2.35. The lowest BCUT2D eigenvalue weighted by molar-refractivity contribution is 0.108. The second kappa shape index (κ2) is 4.28. The molecule has 0 saturated heterocycles. The van der Waals surface area contributed by atoms with Crippen molar-refractivity contribution in [2.24, 2.45) is 0 Å². The molecule has 1 aliphatic rings. The van der Waals surface area contributed by atoms with Crippen LogP contribution in [0.2, 0.25) is 0 Å². The van der Waals surface area contributed by atoms with Gasteiger partial charge in [0.1, 0.15) is 0 Å². The summed E-state index contributed by atoms with van der Waals surface area (Å²) in [5, 5.41) is -0.357. The summed E-state index contributed by atoms with van der Waals surface area (Å²) in [5.74, 6) is 1.10. The maximum Gasteiger partial charge on any atom is 0.257 e. The van der Waals surface area contributed by atoms with Crippen molar-refractivity contribution in [1.82, 2.24) is 4.57 Å². The van der Waals surface area contributed by atoms with Gasteiger partial charge in [0.2, 0.25) is 12.2 Å². The van der Waals surface area contributed by atoms with Gasteiger partial charge in [-0.25, -0.2) is 0 Å². The van der Waals surface area contributed by atoms with Crippen LogP contribution in [0, 0.1) is 0 Å². The van der Waals surface area contributed by atoms with Crippen molar-refractivity contribution in [1.29, 1.82) is 0 Å². The summed E-state index contributed by atoms with van der Waals surface area (Å²) >= 11 is 5.45. The molecule has 3 rings (SSSR count). The number of benzene rings is 1. The summed E-state index contributed by atoms with van der Waals surface area (Å²) in [6, 6.07) is 3.33. The minimum Gasteiger partial charge on any atom is -0.454 e. The highest BCUT2D eigenvalue weighted by Gasteiger charge is 2.19. The van der Waals surface area contributed by atoms with Gasteiger partial charge in [-0.3, -0.25) is 9.59 Å². The van der Waals surface area contributed by atoms with Crippen molar-refractivity contribution in [2.75, 3.05) is 6.79 Å². The smallest absolute Gasteiger partial charge is 0.257 e. The zero-order valence-corrected chi connectivity index (χ0v) is 10.9. The van der Waals surface area contributed by atoms with E-state index in [0.29, 0.717) is 28.9 Å². The Morgan fingerprint density at radius 3 is 2.68 bits per heavy atom. The van der Waals surface area contributed by atoms with Crippen LogP contribution >= 0.6 is 11.6 Å². The van der Waals surface area contributed by atoms with E-state index in [1.807, 2.05) is 6.92 Å². The van der Waals surface area contributed by atoms with Gasteiger partial charge in [-0.05, 0) is 24.6 Å². The molecule has 0 unspecified atom stereocenters. The number of fused-ring (bicyclic) bond motifs is 2. The Balaban J connectivity index is 2.43. The molecule has 0 amide bonds. The maximum absolute atomic E-state index is 12.2.